The Morgan fingerprint density at radius 1 is 0.936 bits per heavy atom. The third-order valence-corrected chi connectivity index (χ3v) is 8.67. The van der Waals surface area contributed by atoms with Gasteiger partial charge in [-0.05, 0) is 42.2 Å². The molecule has 3 N–H and O–H groups in total. The van der Waals surface area contributed by atoms with Crippen LogP contribution in [0.2, 0.25) is 0 Å². The summed E-state index contributed by atoms with van der Waals surface area (Å²) in [5, 5.41) is 8.35. The second-order valence-electron chi connectivity index (χ2n) is 12.6. The van der Waals surface area contributed by atoms with Gasteiger partial charge >= 0.3 is 0 Å². The van der Waals surface area contributed by atoms with Crippen LogP contribution in [0.4, 0.5) is 5.69 Å². The second-order valence-corrected chi connectivity index (χ2v) is 12.6. The van der Waals surface area contributed by atoms with Gasteiger partial charge in [-0.3, -0.25) is 28.8 Å². The van der Waals surface area contributed by atoms with Gasteiger partial charge in [0.2, 0.25) is 23.6 Å². The zero-order valence-electron chi connectivity index (χ0n) is 26.9. The van der Waals surface area contributed by atoms with Crippen LogP contribution in [0.5, 0.6) is 0 Å². The molecular weight excluding hydrogens is 604 g/mol. The third kappa shape index (κ3) is 8.15. The van der Waals surface area contributed by atoms with E-state index in [-0.39, 0.29) is 50.3 Å². The van der Waals surface area contributed by atoms with Crippen molar-refractivity contribution >= 4 is 41.1 Å². The standard InChI is InChI=1S/C34H42N6O7/c1-21(2)30-32(44)35-17-25-18-39(33(45)23-11-13-24(14-12-23)40-15-7-10-29(40)42)19-27(47-25)31(43)36-26(16-22-8-5-4-6-9-22)34(46)38(3)20-28(41)37-30/h4-6,8-9,11-14,21,25-27,30H,7,10,15-20H2,1-3H3,(H,35,44)(H,36,43)(H,37,41)/t25-,26+,27+,30-/m0/s1. The quantitative estimate of drug-likeness (QED) is 0.427. The highest BCUT2D eigenvalue weighted by Gasteiger charge is 2.38. The Balaban J connectivity index is 1.41. The van der Waals surface area contributed by atoms with Crippen LogP contribution in [0.3, 0.4) is 0 Å². The molecule has 5 rings (SSSR count). The van der Waals surface area contributed by atoms with Gasteiger partial charge in [0.05, 0.1) is 19.2 Å². The van der Waals surface area contributed by atoms with Crippen LogP contribution in [0.15, 0.2) is 54.6 Å². The summed E-state index contributed by atoms with van der Waals surface area (Å²) < 4.78 is 6.14. The average Bonchev–Trinajstić information content (AvgIpc) is 3.50. The van der Waals surface area contributed by atoms with Gasteiger partial charge in [-0.1, -0.05) is 44.2 Å². The number of benzene rings is 2. The molecule has 3 saturated heterocycles. The first-order valence-electron chi connectivity index (χ1n) is 16.0. The van der Waals surface area contributed by atoms with Gasteiger partial charge in [0.1, 0.15) is 12.1 Å². The first kappa shape index (κ1) is 33.6. The Bertz CT molecular complexity index is 1500. The Morgan fingerprint density at radius 2 is 1.66 bits per heavy atom. The molecule has 13 heteroatoms. The van der Waals surface area contributed by atoms with Gasteiger partial charge in [-0.15, -0.1) is 0 Å². The molecule has 0 saturated carbocycles. The molecule has 2 bridgehead atoms. The lowest BCUT2D eigenvalue weighted by Crippen LogP contribution is -2.59. The van der Waals surface area contributed by atoms with Gasteiger partial charge in [-0.25, -0.2) is 0 Å². The maximum Gasteiger partial charge on any atom is 0.254 e. The number of amides is 6. The molecule has 3 heterocycles. The third-order valence-electron chi connectivity index (χ3n) is 8.67. The monoisotopic (exact) mass is 646 g/mol. The van der Waals surface area contributed by atoms with Crippen molar-refractivity contribution in [3.63, 3.8) is 0 Å². The van der Waals surface area contributed by atoms with Gasteiger partial charge in [0.15, 0.2) is 6.10 Å². The molecular formula is C34H42N6O7. The molecule has 3 fully saturated rings. The maximum absolute atomic E-state index is 13.8. The molecule has 250 valence electrons. The fourth-order valence-electron chi connectivity index (χ4n) is 6.10. The molecule has 13 nitrogen and oxygen atoms in total. The molecule has 2 aromatic rings. The Labute approximate surface area is 274 Å². The minimum atomic E-state index is -1.14. The predicted molar refractivity (Wildman–Crippen MR) is 172 cm³/mol. The molecule has 3 aliphatic rings. The SMILES string of the molecule is CC(C)[C@@H]1NC(=O)CN(C)C(=O)[C@@H](Cc2ccccc2)NC(=O)[C@H]2CN(C(=O)c3ccc(N4CCCC4=O)cc3)C[C@H](CNC1=O)O2. The maximum atomic E-state index is 13.8. The number of anilines is 1. The summed E-state index contributed by atoms with van der Waals surface area (Å²) in [7, 11) is 1.47. The zero-order chi connectivity index (χ0) is 33.7. The molecule has 0 aliphatic carbocycles. The van der Waals surface area contributed by atoms with Gasteiger partial charge in [0, 0.05) is 50.8 Å². The lowest BCUT2D eigenvalue weighted by atomic mass is 10.0. The summed E-state index contributed by atoms with van der Waals surface area (Å²) in [6.07, 6.45) is -0.454. The number of nitrogens with one attached hydrogen (secondary N) is 3. The lowest BCUT2D eigenvalue weighted by Gasteiger charge is -2.38. The van der Waals surface area contributed by atoms with E-state index < -0.39 is 47.9 Å². The molecule has 0 aromatic heterocycles. The number of fused-ring (bicyclic) bond motifs is 2. The van der Waals surface area contributed by atoms with E-state index in [1.807, 2.05) is 30.3 Å². The van der Waals surface area contributed by atoms with E-state index in [4.69, 9.17) is 4.74 Å². The van der Waals surface area contributed by atoms with Crippen LogP contribution >= 0.6 is 0 Å². The van der Waals surface area contributed by atoms with E-state index in [0.717, 1.165) is 12.0 Å². The van der Waals surface area contributed by atoms with E-state index >= 15 is 0 Å². The molecule has 0 spiro atoms. The molecule has 47 heavy (non-hydrogen) atoms. The summed E-state index contributed by atoms with van der Waals surface area (Å²) in [4.78, 5) is 83.9. The smallest absolute Gasteiger partial charge is 0.254 e. The zero-order valence-corrected chi connectivity index (χ0v) is 26.9. The lowest BCUT2D eigenvalue weighted by molar-refractivity contribution is -0.148. The van der Waals surface area contributed by atoms with Gasteiger partial charge in [-0.2, -0.15) is 0 Å². The van der Waals surface area contributed by atoms with Crippen LogP contribution in [-0.2, 0) is 35.1 Å². The normalized spacial score (nSPS) is 24.8. The first-order valence-corrected chi connectivity index (χ1v) is 16.0. The summed E-state index contributed by atoms with van der Waals surface area (Å²) in [5.74, 6) is -2.61. The number of likely N-dealkylation sites (N-methyl/N-ethyl adjacent to an activating group) is 1. The van der Waals surface area contributed by atoms with Crippen molar-refractivity contribution in [1.82, 2.24) is 25.8 Å². The molecule has 4 atom stereocenters. The van der Waals surface area contributed by atoms with E-state index in [1.54, 1.807) is 43.0 Å². The summed E-state index contributed by atoms with van der Waals surface area (Å²) in [6.45, 7) is 3.89. The first-order chi connectivity index (χ1) is 22.5. The highest BCUT2D eigenvalue weighted by atomic mass is 16.5. The Hall–Kier alpha value is -4.78. The fourth-order valence-corrected chi connectivity index (χ4v) is 6.10. The van der Waals surface area contributed by atoms with Crippen molar-refractivity contribution in [1.29, 1.82) is 0 Å². The topological polar surface area (TPSA) is 157 Å². The van der Waals surface area contributed by atoms with E-state index in [2.05, 4.69) is 16.0 Å². The Morgan fingerprint density at radius 3 is 2.32 bits per heavy atom. The molecule has 3 aliphatic heterocycles. The van der Waals surface area contributed by atoms with Crippen LogP contribution in [0.25, 0.3) is 0 Å². The van der Waals surface area contributed by atoms with E-state index in [9.17, 15) is 28.8 Å². The second kappa shape index (κ2) is 14.8. The summed E-state index contributed by atoms with van der Waals surface area (Å²) in [6, 6.07) is 14.0. The van der Waals surface area contributed by atoms with Crippen LogP contribution in [-0.4, -0.2) is 109 Å². The minimum Gasteiger partial charge on any atom is -0.360 e. The van der Waals surface area contributed by atoms with Crippen molar-refractivity contribution in [2.24, 2.45) is 5.92 Å². The summed E-state index contributed by atoms with van der Waals surface area (Å²) >= 11 is 0. The highest BCUT2D eigenvalue weighted by molar-refractivity contribution is 5.98. The average molecular weight is 647 g/mol. The fraction of sp³-hybridized carbons (Fsp3) is 0.471. The highest BCUT2D eigenvalue weighted by Crippen LogP contribution is 2.23. The number of morpholine rings is 1. The van der Waals surface area contributed by atoms with Crippen molar-refractivity contribution in [2.75, 3.05) is 44.7 Å². The van der Waals surface area contributed by atoms with Crippen molar-refractivity contribution in [3.8, 4) is 0 Å². The van der Waals surface area contributed by atoms with Crippen LogP contribution in [0, 0.1) is 5.92 Å². The molecule has 6 amide bonds. The number of hydrogen-bond donors (Lipinski definition) is 3. The van der Waals surface area contributed by atoms with Crippen LogP contribution in [0.1, 0.15) is 42.6 Å². The number of hydrogen-bond acceptors (Lipinski definition) is 7. The van der Waals surface area contributed by atoms with Crippen molar-refractivity contribution < 1.29 is 33.5 Å². The molecule has 0 radical (unpaired) electrons. The number of rotatable bonds is 5. The molecule has 0 unspecified atom stereocenters. The van der Waals surface area contributed by atoms with Crippen molar-refractivity contribution in [2.45, 2.75) is 57.4 Å². The Kier molecular flexibility index (Phi) is 10.5. The van der Waals surface area contributed by atoms with Gasteiger partial charge in [0.25, 0.3) is 11.8 Å². The number of ether oxygens (including phenoxy) is 1. The summed E-state index contributed by atoms with van der Waals surface area (Å²) in [5.41, 5.74) is 1.89. The van der Waals surface area contributed by atoms with E-state index in [0.29, 0.717) is 24.2 Å². The molecule has 2 aromatic carbocycles. The van der Waals surface area contributed by atoms with E-state index in [1.165, 1.54) is 16.8 Å². The van der Waals surface area contributed by atoms with Gasteiger partial charge < -0.3 is 35.4 Å². The minimum absolute atomic E-state index is 0.0201. The number of carbonyl (C=O) groups is 6. The van der Waals surface area contributed by atoms with Crippen molar-refractivity contribution in [3.05, 3.63) is 65.7 Å². The van der Waals surface area contributed by atoms with Crippen LogP contribution < -0.4 is 20.9 Å². The predicted octanol–water partition coefficient (Wildman–Crippen LogP) is 0.480. The number of nitrogens with zero attached hydrogens (tertiary/aromatic N) is 3. The largest absolute Gasteiger partial charge is 0.360 e. The number of carbonyl (C=O) groups excluding carboxylic acids is 6.